The molecule has 0 bridgehead atoms. The number of nitrogen functional groups attached to an aromatic ring is 2. The maximum atomic E-state index is 6.01. The van der Waals surface area contributed by atoms with E-state index >= 15 is 0 Å². The van der Waals surface area contributed by atoms with Gasteiger partial charge in [0.2, 0.25) is 0 Å². The minimum Gasteiger partial charge on any atom is -0.399 e. The summed E-state index contributed by atoms with van der Waals surface area (Å²) in [5.41, 5.74) is 13.7. The Morgan fingerprint density at radius 2 is 1.93 bits per heavy atom. The van der Waals surface area contributed by atoms with Crippen LogP contribution in [0, 0.1) is 0 Å². The summed E-state index contributed by atoms with van der Waals surface area (Å²) in [5.74, 6) is 0. The van der Waals surface area contributed by atoms with Crippen molar-refractivity contribution < 1.29 is 0 Å². The summed E-state index contributed by atoms with van der Waals surface area (Å²) in [6.45, 7) is 0. The van der Waals surface area contributed by atoms with E-state index in [-0.39, 0.29) is 0 Å². The fourth-order valence-corrected chi connectivity index (χ4v) is 2.48. The van der Waals surface area contributed by atoms with Gasteiger partial charge in [0.1, 0.15) is 0 Å². The van der Waals surface area contributed by atoms with Crippen molar-refractivity contribution in [2.75, 3.05) is 11.5 Å². The smallest absolute Gasteiger partial charge is 0.0593 e. The van der Waals surface area contributed by atoms with Gasteiger partial charge in [0.15, 0.2) is 0 Å². The fourth-order valence-electron chi connectivity index (χ4n) is 1.27. The summed E-state index contributed by atoms with van der Waals surface area (Å²) < 4.78 is 0. The van der Waals surface area contributed by atoms with Crippen LogP contribution in [0.1, 0.15) is 0 Å². The van der Waals surface area contributed by atoms with E-state index in [4.69, 9.17) is 23.1 Å². The molecule has 0 atom stereocenters. The molecular formula is C10H9ClN2S. The number of rotatable bonds is 1. The SMILES string of the molecule is Nc1ccc(-c2sccc2Cl)c(N)c1. The minimum atomic E-state index is 0.661. The van der Waals surface area contributed by atoms with Crippen LogP contribution in [0.5, 0.6) is 0 Å². The molecule has 14 heavy (non-hydrogen) atoms. The molecule has 1 heterocycles. The van der Waals surface area contributed by atoms with Gasteiger partial charge < -0.3 is 11.5 Å². The average Bonchev–Trinajstić information content (AvgIpc) is 2.52. The largest absolute Gasteiger partial charge is 0.399 e. The first-order chi connectivity index (χ1) is 6.68. The standard InChI is InChI=1S/C10H9ClN2S/c11-8-3-4-14-10(8)7-2-1-6(12)5-9(7)13/h1-5H,12-13H2. The van der Waals surface area contributed by atoms with E-state index in [2.05, 4.69) is 0 Å². The molecule has 0 aliphatic carbocycles. The number of hydrogen-bond acceptors (Lipinski definition) is 3. The van der Waals surface area contributed by atoms with Crippen LogP contribution in [0.25, 0.3) is 10.4 Å². The topological polar surface area (TPSA) is 52.0 Å². The molecule has 0 aliphatic heterocycles. The summed E-state index contributed by atoms with van der Waals surface area (Å²) in [4.78, 5) is 0.990. The van der Waals surface area contributed by atoms with Gasteiger partial charge in [0, 0.05) is 16.9 Å². The van der Waals surface area contributed by atoms with Crippen molar-refractivity contribution in [1.82, 2.24) is 0 Å². The van der Waals surface area contributed by atoms with Gasteiger partial charge in [-0.1, -0.05) is 11.6 Å². The first kappa shape index (κ1) is 9.37. The van der Waals surface area contributed by atoms with Crippen LogP contribution in [0.3, 0.4) is 0 Å². The third kappa shape index (κ3) is 1.56. The van der Waals surface area contributed by atoms with Crippen molar-refractivity contribution in [3.8, 4) is 10.4 Å². The second-order valence-electron chi connectivity index (χ2n) is 2.94. The zero-order valence-corrected chi connectivity index (χ0v) is 8.90. The van der Waals surface area contributed by atoms with Gasteiger partial charge in [0.25, 0.3) is 0 Å². The van der Waals surface area contributed by atoms with Crippen LogP contribution < -0.4 is 11.5 Å². The van der Waals surface area contributed by atoms with Gasteiger partial charge in [-0.15, -0.1) is 11.3 Å². The summed E-state index contributed by atoms with van der Waals surface area (Å²) in [6.07, 6.45) is 0. The molecule has 0 spiro atoms. The Bertz CT molecular complexity index is 465. The van der Waals surface area contributed by atoms with Crippen molar-refractivity contribution in [2.45, 2.75) is 0 Å². The Kier molecular flexibility index (Phi) is 2.35. The number of hydrogen-bond donors (Lipinski definition) is 2. The van der Waals surface area contributed by atoms with E-state index in [1.165, 1.54) is 0 Å². The maximum Gasteiger partial charge on any atom is 0.0593 e. The summed E-state index contributed by atoms with van der Waals surface area (Å²) in [5, 5.41) is 2.67. The lowest BCUT2D eigenvalue weighted by Gasteiger charge is -2.04. The van der Waals surface area contributed by atoms with Crippen LogP contribution in [0.15, 0.2) is 29.6 Å². The van der Waals surface area contributed by atoms with Crippen LogP contribution in [0.2, 0.25) is 5.02 Å². The molecule has 0 saturated heterocycles. The van der Waals surface area contributed by atoms with Gasteiger partial charge >= 0.3 is 0 Å². The fraction of sp³-hybridized carbons (Fsp3) is 0. The lowest BCUT2D eigenvalue weighted by Crippen LogP contribution is -1.92. The Balaban J connectivity index is 2.58. The molecule has 2 aromatic rings. The van der Waals surface area contributed by atoms with Crippen molar-refractivity contribution in [3.05, 3.63) is 34.7 Å². The predicted molar refractivity (Wildman–Crippen MR) is 63.6 cm³/mol. The molecule has 0 fully saturated rings. The summed E-state index contributed by atoms with van der Waals surface area (Å²) >= 11 is 7.58. The van der Waals surface area contributed by atoms with Gasteiger partial charge in [-0.3, -0.25) is 0 Å². The summed E-state index contributed by atoms with van der Waals surface area (Å²) in [6, 6.07) is 7.31. The number of benzene rings is 1. The summed E-state index contributed by atoms with van der Waals surface area (Å²) in [7, 11) is 0. The maximum absolute atomic E-state index is 6.01. The molecule has 2 nitrogen and oxygen atoms in total. The molecule has 72 valence electrons. The molecular weight excluding hydrogens is 216 g/mol. The van der Waals surface area contributed by atoms with Gasteiger partial charge in [0.05, 0.1) is 9.90 Å². The quantitative estimate of drug-likeness (QED) is 0.731. The second-order valence-corrected chi connectivity index (χ2v) is 4.27. The van der Waals surface area contributed by atoms with Crippen molar-refractivity contribution in [1.29, 1.82) is 0 Å². The number of nitrogens with two attached hydrogens (primary N) is 2. The lowest BCUT2D eigenvalue weighted by atomic mass is 10.1. The molecule has 0 aliphatic rings. The number of halogens is 1. The predicted octanol–water partition coefficient (Wildman–Crippen LogP) is 3.23. The molecule has 0 radical (unpaired) electrons. The van der Waals surface area contributed by atoms with E-state index in [0.29, 0.717) is 11.4 Å². The van der Waals surface area contributed by atoms with Crippen LogP contribution in [0.4, 0.5) is 11.4 Å². The van der Waals surface area contributed by atoms with Crippen molar-refractivity contribution in [3.63, 3.8) is 0 Å². The van der Waals surface area contributed by atoms with E-state index in [1.54, 1.807) is 17.4 Å². The highest BCUT2D eigenvalue weighted by atomic mass is 35.5. The highest BCUT2D eigenvalue weighted by Crippen LogP contribution is 2.36. The monoisotopic (exact) mass is 224 g/mol. The molecule has 4 N–H and O–H groups in total. The average molecular weight is 225 g/mol. The lowest BCUT2D eigenvalue weighted by molar-refractivity contribution is 1.66. The first-order valence-corrected chi connectivity index (χ1v) is 5.32. The Morgan fingerprint density at radius 3 is 2.50 bits per heavy atom. The van der Waals surface area contributed by atoms with E-state index < -0.39 is 0 Å². The van der Waals surface area contributed by atoms with Gasteiger partial charge in [-0.25, -0.2) is 0 Å². The zero-order valence-electron chi connectivity index (χ0n) is 7.33. The molecule has 0 unspecified atom stereocenters. The van der Waals surface area contributed by atoms with Crippen molar-refractivity contribution >= 4 is 34.3 Å². The van der Waals surface area contributed by atoms with Crippen LogP contribution in [-0.4, -0.2) is 0 Å². The normalized spacial score (nSPS) is 10.4. The molecule has 4 heteroatoms. The molecule has 0 saturated carbocycles. The Hall–Kier alpha value is -1.19. The van der Waals surface area contributed by atoms with E-state index in [1.807, 2.05) is 23.6 Å². The molecule has 1 aromatic carbocycles. The van der Waals surface area contributed by atoms with Crippen molar-refractivity contribution in [2.24, 2.45) is 0 Å². The first-order valence-electron chi connectivity index (χ1n) is 4.07. The Morgan fingerprint density at radius 1 is 1.14 bits per heavy atom. The van der Waals surface area contributed by atoms with Gasteiger partial charge in [-0.2, -0.15) is 0 Å². The minimum absolute atomic E-state index is 0.661. The van der Waals surface area contributed by atoms with Crippen LogP contribution in [-0.2, 0) is 0 Å². The van der Waals surface area contributed by atoms with E-state index in [0.717, 1.165) is 15.5 Å². The highest BCUT2D eigenvalue weighted by Gasteiger charge is 2.07. The van der Waals surface area contributed by atoms with Crippen LogP contribution >= 0.6 is 22.9 Å². The van der Waals surface area contributed by atoms with Gasteiger partial charge in [-0.05, 0) is 29.6 Å². The second kappa shape index (κ2) is 3.52. The highest BCUT2D eigenvalue weighted by molar-refractivity contribution is 7.14. The number of anilines is 2. The third-order valence-electron chi connectivity index (χ3n) is 1.94. The number of thiophene rings is 1. The third-order valence-corrected chi connectivity index (χ3v) is 3.31. The molecule has 2 rings (SSSR count). The zero-order chi connectivity index (χ0) is 10.1. The molecule has 1 aromatic heterocycles. The van der Waals surface area contributed by atoms with E-state index in [9.17, 15) is 0 Å². The molecule has 0 amide bonds. The Labute approximate surface area is 91.1 Å².